The molecule has 0 aliphatic carbocycles. The second-order valence-electron chi connectivity index (χ2n) is 4.85. The quantitative estimate of drug-likeness (QED) is 0.679. The second kappa shape index (κ2) is 7.63. The van der Waals surface area contributed by atoms with Gasteiger partial charge in [0.15, 0.2) is 0 Å². The highest BCUT2D eigenvalue weighted by atomic mass is 16.1. The molecular weight excluding hydrogens is 202 g/mol. The van der Waals surface area contributed by atoms with Gasteiger partial charge in [-0.1, -0.05) is 6.92 Å². The summed E-state index contributed by atoms with van der Waals surface area (Å²) in [6.07, 6.45) is 0. The van der Waals surface area contributed by atoms with Gasteiger partial charge in [-0.05, 0) is 27.7 Å². The monoisotopic (exact) mass is 229 g/mol. The summed E-state index contributed by atoms with van der Waals surface area (Å²) in [4.78, 5) is 13.8. The zero-order chi connectivity index (χ0) is 12.7. The lowest BCUT2D eigenvalue weighted by Gasteiger charge is -2.30. The molecule has 0 aromatic rings. The summed E-state index contributed by atoms with van der Waals surface area (Å²) in [5.41, 5.74) is 5.43. The Labute approximate surface area is 99.6 Å². The van der Waals surface area contributed by atoms with Crippen LogP contribution in [0.2, 0.25) is 0 Å². The van der Waals surface area contributed by atoms with Crippen molar-refractivity contribution in [3.8, 4) is 0 Å². The average molecular weight is 229 g/mol. The first-order chi connectivity index (χ1) is 7.40. The van der Waals surface area contributed by atoms with Gasteiger partial charge in [0.2, 0.25) is 5.91 Å². The van der Waals surface area contributed by atoms with E-state index in [1.54, 1.807) is 0 Å². The SMILES string of the molecule is CC(CN)C(=O)NCCN(C(C)C)C(C)C. The van der Waals surface area contributed by atoms with E-state index in [2.05, 4.69) is 37.9 Å². The first-order valence-corrected chi connectivity index (χ1v) is 6.13. The molecule has 1 amide bonds. The van der Waals surface area contributed by atoms with Gasteiger partial charge in [0.1, 0.15) is 0 Å². The third-order valence-corrected chi connectivity index (χ3v) is 2.80. The number of nitrogens with one attached hydrogen (secondary N) is 1. The lowest BCUT2D eigenvalue weighted by Crippen LogP contribution is -2.43. The fraction of sp³-hybridized carbons (Fsp3) is 0.917. The van der Waals surface area contributed by atoms with Crippen LogP contribution in [-0.4, -0.2) is 42.5 Å². The minimum atomic E-state index is -0.0912. The van der Waals surface area contributed by atoms with Crippen molar-refractivity contribution in [1.82, 2.24) is 10.2 Å². The molecule has 4 heteroatoms. The summed E-state index contributed by atoms with van der Waals surface area (Å²) in [7, 11) is 0. The van der Waals surface area contributed by atoms with Crippen LogP contribution in [0.15, 0.2) is 0 Å². The number of nitrogens with two attached hydrogens (primary N) is 1. The van der Waals surface area contributed by atoms with E-state index in [-0.39, 0.29) is 11.8 Å². The zero-order valence-corrected chi connectivity index (χ0v) is 11.3. The Morgan fingerprint density at radius 1 is 1.19 bits per heavy atom. The number of nitrogens with zero attached hydrogens (tertiary/aromatic N) is 1. The van der Waals surface area contributed by atoms with Crippen LogP contribution in [0.25, 0.3) is 0 Å². The summed E-state index contributed by atoms with van der Waals surface area (Å²) in [6.45, 7) is 12.5. The van der Waals surface area contributed by atoms with E-state index < -0.39 is 0 Å². The second-order valence-corrected chi connectivity index (χ2v) is 4.85. The average Bonchev–Trinajstić information content (AvgIpc) is 2.21. The fourth-order valence-electron chi connectivity index (χ4n) is 1.70. The van der Waals surface area contributed by atoms with Gasteiger partial charge in [-0.25, -0.2) is 0 Å². The molecule has 0 radical (unpaired) electrons. The maximum absolute atomic E-state index is 11.5. The molecule has 96 valence electrons. The largest absolute Gasteiger partial charge is 0.355 e. The van der Waals surface area contributed by atoms with Gasteiger partial charge >= 0.3 is 0 Å². The van der Waals surface area contributed by atoms with Crippen LogP contribution in [0.3, 0.4) is 0 Å². The van der Waals surface area contributed by atoms with Crippen LogP contribution >= 0.6 is 0 Å². The highest BCUT2D eigenvalue weighted by Crippen LogP contribution is 2.03. The van der Waals surface area contributed by atoms with E-state index in [1.165, 1.54) is 0 Å². The molecule has 1 atom stereocenters. The van der Waals surface area contributed by atoms with E-state index in [0.717, 1.165) is 6.54 Å². The van der Waals surface area contributed by atoms with Gasteiger partial charge in [-0.3, -0.25) is 9.69 Å². The van der Waals surface area contributed by atoms with E-state index in [9.17, 15) is 4.79 Å². The molecule has 0 rings (SSSR count). The van der Waals surface area contributed by atoms with E-state index >= 15 is 0 Å². The Morgan fingerprint density at radius 3 is 2.06 bits per heavy atom. The summed E-state index contributed by atoms with van der Waals surface area (Å²) in [5.74, 6) is -0.0403. The van der Waals surface area contributed by atoms with Gasteiger partial charge in [-0.15, -0.1) is 0 Å². The maximum Gasteiger partial charge on any atom is 0.224 e. The van der Waals surface area contributed by atoms with Crippen LogP contribution in [-0.2, 0) is 4.79 Å². The molecule has 0 aromatic carbocycles. The number of hydrogen-bond donors (Lipinski definition) is 2. The number of carbonyl (C=O) groups excluding carboxylic acids is 1. The van der Waals surface area contributed by atoms with E-state index in [0.29, 0.717) is 25.2 Å². The molecule has 0 aliphatic rings. The first kappa shape index (κ1) is 15.4. The van der Waals surface area contributed by atoms with Gasteiger partial charge in [0.05, 0.1) is 0 Å². The smallest absolute Gasteiger partial charge is 0.224 e. The van der Waals surface area contributed by atoms with E-state index in [4.69, 9.17) is 5.73 Å². The van der Waals surface area contributed by atoms with Crippen molar-refractivity contribution >= 4 is 5.91 Å². The summed E-state index contributed by atoms with van der Waals surface area (Å²) in [6, 6.07) is 1.01. The molecule has 0 heterocycles. The molecule has 16 heavy (non-hydrogen) atoms. The topological polar surface area (TPSA) is 58.4 Å². The van der Waals surface area contributed by atoms with Gasteiger partial charge in [0, 0.05) is 37.6 Å². The summed E-state index contributed by atoms with van der Waals surface area (Å²) in [5, 5.41) is 2.91. The molecular formula is C12H27N3O. The van der Waals surface area contributed by atoms with Crippen molar-refractivity contribution in [1.29, 1.82) is 0 Å². The molecule has 0 aliphatic heterocycles. The van der Waals surface area contributed by atoms with Crippen LogP contribution in [0.4, 0.5) is 0 Å². The summed E-state index contributed by atoms with van der Waals surface area (Å²) < 4.78 is 0. The van der Waals surface area contributed by atoms with E-state index in [1.807, 2.05) is 6.92 Å². The van der Waals surface area contributed by atoms with Crippen LogP contribution < -0.4 is 11.1 Å². The van der Waals surface area contributed by atoms with Gasteiger partial charge in [-0.2, -0.15) is 0 Å². The molecule has 0 aromatic heterocycles. The standard InChI is InChI=1S/C12H27N3O/c1-9(2)15(10(3)4)7-6-14-12(16)11(5)8-13/h9-11H,6-8,13H2,1-5H3,(H,14,16). The molecule has 4 nitrogen and oxygen atoms in total. The Bertz CT molecular complexity index is 196. The molecule has 0 bridgehead atoms. The maximum atomic E-state index is 11.5. The molecule has 0 saturated heterocycles. The molecule has 1 unspecified atom stereocenters. The predicted octanol–water partition coefficient (Wildman–Crippen LogP) is 0.816. The van der Waals surface area contributed by atoms with Crippen molar-refractivity contribution in [3.63, 3.8) is 0 Å². The number of rotatable bonds is 7. The van der Waals surface area contributed by atoms with Gasteiger partial charge < -0.3 is 11.1 Å². The van der Waals surface area contributed by atoms with Crippen molar-refractivity contribution in [2.75, 3.05) is 19.6 Å². The Morgan fingerprint density at radius 2 is 1.69 bits per heavy atom. The first-order valence-electron chi connectivity index (χ1n) is 6.13. The van der Waals surface area contributed by atoms with Crippen LogP contribution in [0.5, 0.6) is 0 Å². The van der Waals surface area contributed by atoms with Crippen LogP contribution in [0, 0.1) is 5.92 Å². The summed E-state index contributed by atoms with van der Waals surface area (Å²) >= 11 is 0. The number of hydrogen-bond acceptors (Lipinski definition) is 3. The lowest BCUT2D eigenvalue weighted by atomic mass is 10.1. The van der Waals surface area contributed by atoms with Crippen molar-refractivity contribution < 1.29 is 4.79 Å². The third-order valence-electron chi connectivity index (χ3n) is 2.80. The number of amides is 1. The molecule has 0 spiro atoms. The molecule has 3 N–H and O–H groups in total. The molecule has 0 saturated carbocycles. The van der Waals surface area contributed by atoms with Crippen molar-refractivity contribution in [2.45, 2.75) is 46.7 Å². The van der Waals surface area contributed by atoms with Gasteiger partial charge in [0.25, 0.3) is 0 Å². The highest BCUT2D eigenvalue weighted by Gasteiger charge is 2.14. The minimum Gasteiger partial charge on any atom is -0.355 e. The normalized spacial score (nSPS) is 13.6. The minimum absolute atomic E-state index is 0.0509. The van der Waals surface area contributed by atoms with Crippen molar-refractivity contribution in [3.05, 3.63) is 0 Å². The molecule has 0 fully saturated rings. The van der Waals surface area contributed by atoms with Crippen molar-refractivity contribution in [2.24, 2.45) is 11.7 Å². The Hall–Kier alpha value is -0.610. The highest BCUT2D eigenvalue weighted by molar-refractivity contribution is 5.78. The van der Waals surface area contributed by atoms with Crippen LogP contribution in [0.1, 0.15) is 34.6 Å². The Kier molecular flexibility index (Phi) is 7.34. The Balaban J connectivity index is 3.91. The number of carbonyl (C=O) groups is 1. The zero-order valence-electron chi connectivity index (χ0n) is 11.3. The fourth-order valence-corrected chi connectivity index (χ4v) is 1.70. The lowest BCUT2D eigenvalue weighted by molar-refractivity contribution is -0.124. The predicted molar refractivity (Wildman–Crippen MR) is 68.2 cm³/mol. The third kappa shape index (κ3) is 5.47.